The van der Waals surface area contributed by atoms with Gasteiger partial charge in [-0.1, -0.05) is 72.5 Å². The van der Waals surface area contributed by atoms with Crippen molar-refractivity contribution in [1.82, 2.24) is 0 Å². The van der Waals surface area contributed by atoms with Gasteiger partial charge in [-0.2, -0.15) is 0 Å². The van der Waals surface area contributed by atoms with E-state index in [9.17, 15) is 0 Å². The molecule has 0 aromatic heterocycles. The van der Waals surface area contributed by atoms with Crippen LogP contribution in [0, 0.1) is 46.3 Å². The first-order valence-electron chi connectivity index (χ1n) is 14.1. The van der Waals surface area contributed by atoms with E-state index in [4.69, 9.17) is 4.74 Å². The number of allylic oxidation sites excluding steroid dienone is 1. The van der Waals surface area contributed by atoms with Crippen LogP contribution in [-0.2, 0) is 4.74 Å². The van der Waals surface area contributed by atoms with Crippen molar-refractivity contribution in [3.05, 3.63) is 11.6 Å². The molecule has 4 rings (SSSR count). The molecule has 4 aliphatic rings. The number of rotatable bonds is 8. The van der Waals surface area contributed by atoms with E-state index in [-0.39, 0.29) is 0 Å². The van der Waals surface area contributed by atoms with Gasteiger partial charge in [0.25, 0.3) is 0 Å². The molecule has 4 aliphatic carbocycles. The predicted octanol–water partition coefficient (Wildman–Crippen LogP) is 8.82. The van der Waals surface area contributed by atoms with Crippen LogP contribution >= 0.6 is 0 Å². The zero-order valence-electron chi connectivity index (χ0n) is 21.7. The number of hydrogen-bond donors (Lipinski definition) is 0. The van der Waals surface area contributed by atoms with Crippen LogP contribution in [0.25, 0.3) is 0 Å². The second kappa shape index (κ2) is 9.52. The molecule has 3 unspecified atom stereocenters. The molecule has 0 radical (unpaired) electrons. The molecule has 0 spiro atoms. The highest BCUT2D eigenvalue weighted by Gasteiger charge is 2.59. The van der Waals surface area contributed by atoms with E-state index >= 15 is 0 Å². The highest BCUT2D eigenvalue weighted by molar-refractivity contribution is 5.25. The Bertz CT molecular complexity index is 634. The normalized spacial score (nSPS) is 43.2. The Hall–Kier alpha value is -0.300. The summed E-state index contributed by atoms with van der Waals surface area (Å²) in [5.41, 5.74) is 2.86. The second-order valence-electron chi connectivity index (χ2n) is 13.0. The fourth-order valence-corrected chi connectivity index (χ4v) is 9.08. The standard InChI is InChI=1S/C30H52O/c1-7-19-31-24-15-17-29(5)23(20-24)11-12-25-27-14-13-26(22(4)10-8-9-21(2)3)30(27,6)18-16-28(25)29/h11,21-22,24-28H,7-10,12-20H2,1-6H3/t22-,24+,25?,26-,27?,28?,29+,30-/m1/s1. The van der Waals surface area contributed by atoms with Crippen LogP contribution in [0.4, 0.5) is 0 Å². The van der Waals surface area contributed by atoms with Gasteiger partial charge in [0.15, 0.2) is 0 Å². The van der Waals surface area contributed by atoms with Crippen molar-refractivity contribution < 1.29 is 4.74 Å². The first-order valence-corrected chi connectivity index (χ1v) is 14.1. The third-order valence-corrected chi connectivity index (χ3v) is 10.8. The Kier molecular flexibility index (Phi) is 7.32. The van der Waals surface area contributed by atoms with Crippen LogP contribution in [0.3, 0.4) is 0 Å². The molecule has 0 bridgehead atoms. The summed E-state index contributed by atoms with van der Waals surface area (Å²) in [7, 11) is 0. The topological polar surface area (TPSA) is 9.23 Å². The van der Waals surface area contributed by atoms with Crippen molar-refractivity contribution >= 4 is 0 Å². The van der Waals surface area contributed by atoms with Crippen molar-refractivity contribution in [3.63, 3.8) is 0 Å². The second-order valence-corrected chi connectivity index (χ2v) is 13.0. The van der Waals surface area contributed by atoms with Crippen molar-refractivity contribution in [1.29, 1.82) is 0 Å². The van der Waals surface area contributed by atoms with E-state index in [1.807, 2.05) is 0 Å². The molecular formula is C30H52O. The summed E-state index contributed by atoms with van der Waals surface area (Å²) in [6.45, 7) is 15.9. The lowest BCUT2D eigenvalue weighted by Gasteiger charge is -2.58. The highest BCUT2D eigenvalue weighted by Crippen LogP contribution is 2.67. The summed E-state index contributed by atoms with van der Waals surface area (Å²) in [6.07, 6.45) is 19.9. The third-order valence-electron chi connectivity index (χ3n) is 10.8. The van der Waals surface area contributed by atoms with Gasteiger partial charge in [-0.25, -0.2) is 0 Å². The minimum Gasteiger partial charge on any atom is -0.378 e. The van der Waals surface area contributed by atoms with E-state index in [0.717, 1.165) is 48.5 Å². The molecule has 0 amide bonds. The van der Waals surface area contributed by atoms with E-state index in [2.05, 4.69) is 47.6 Å². The van der Waals surface area contributed by atoms with Crippen molar-refractivity contribution in [2.24, 2.45) is 46.3 Å². The van der Waals surface area contributed by atoms with Crippen molar-refractivity contribution in [2.45, 2.75) is 125 Å². The van der Waals surface area contributed by atoms with Crippen molar-refractivity contribution in [3.8, 4) is 0 Å². The molecule has 3 saturated carbocycles. The van der Waals surface area contributed by atoms with Crippen LogP contribution in [0.1, 0.15) is 119 Å². The minimum atomic E-state index is 0.470. The lowest BCUT2D eigenvalue weighted by molar-refractivity contribution is -0.0638. The number of ether oxygens (including phenoxy) is 1. The van der Waals surface area contributed by atoms with Gasteiger partial charge in [0, 0.05) is 6.61 Å². The summed E-state index contributed by atoms with van der Waals surface area (Å²) < 4.78 is 6.19. The zero-order chi connectivity index (χ0) is 22.2. The maximum Gasteiger partial charge on any atom is 0.0612 e. The van der Waals surface area contributed by atoms with Crippen molar-refractivity contribution in [2.75, 3.05) is 6.61 Å². The molecule has 178 valence electrons. The Morgan fingerprint density at radius 1 is 1.00 bits per heavy atom. The maximum atomic E-state index is 6.19. The molecule has 0 aliphatic heterocycles. The summed E-state index contributed by atoms with van der Waals surface area (Å²) in [5.74, 6) is 5.62. The third kappa shape index (κ3) is 4.43. The van der Waals surface area contributed by atoms with Crippen LogP contribution in [0.5, 0.6) is 0 Å². The quantitative estimate of drug-likeness (QED) is 0.351. The fourth-order valence-electron chi connectivity index (χ4n) is 9.08. The van der Waals surface area contributed by atoms with Crippen LogP contribution < -0.4 is 0 Å². The Balaban J connectivity index is 1.45. The molecule has 0 aromatic rings. The van der Waals surface area contributed by atoms with Gasteiger partial charge in [0.1, 0.15) is 0 Å². The average molecular weight is 429 g/mol. The number of fused-ring (bicyclic) bond motifs is 5. The molecule has 1 nitrogen and oxygen atoms in total. The van der Waals surface area contributed by atoms with Gasteiger partial charge < -0.3 is 4.74 Å². The van der Waals surface area contributed by atoms with E-state index in [1.54, 1.807) is 5.57 Å². The van der Waals surface area contributed by atoms with E-state index < -0.39 is 0 Å². The molecule has 0 aromatic carbocycles. The van der Waals surface area contributed by atoms with Crippen LogP contribution in [0.15, 0.2) is 11.6 Å². The summed E-state index contributed by atoms with van der Waals surface area (Å²) >= 11 is 0. The zero-order valence-corrected chi connectivity index (χ0v) is 21.7. The molecule has 1 heteroatoms. The summed E-state index contributed by atoms with van der Waals surface area (Å²) in [5, 5.41) is 0. The highest BCUT2D eigenvalue weighted by atomic mass is 16.5. The van der Waals surface area contributed by atoms with Gasteiger partial charge in [0.05, 0.1) is 6.10 Å². The fraction of sp³-hybridized carbons (Fsp3) is 0.933. The molecule has 0 heterocycles. The molecule has 0 saturated heterocycles. The van der Waals surface area contributed by atoms with Gasteiger partial charge in [-0.15, -0.1) is 0 Å². The van der Waals surface area contributed by atoms with Crippen LogP contribution in [0.2, 0.25) is 0 Å². The van der Waals surface area contributed by atoms with Gasteiger partial charge in [0.2, 0.25) is 0 Å². The molecule has 3 fully saturated rings. The monoisotopic (exact) mass is 428 g/mol. The number of hydrogen-bond acceptors (Lipinski definition) is 1. The Morgan fingerprint density at radius 2 is 1.81 bits per heavy atom. The summed E-state index contributed by atoms with van der Waals surface area (Å²) in [6, 6.07) is 0. The predicted molar refractivity (Wildman–Crippen MR) is 133 cm³/mol. The molecule has 0 N–H and O–H groups in total. The SMILES string of the molecule is CCCO[C@H]1CC[C@@]2(C)C(=CCC3C2CC[C@@]2(C)C3CC[C@@H]2[C@H](C)CCCC(C)C)C1. The molecule has 31 heavy (non-hydrogen) atoms. The first-order chi connectivity index (χ1) is 14.8. The Morgan fingerprint density at radius 3 is 2.55 bits per heavy atom. The molecule has 8 atom stereocenters. The Labute approximate surface area is 194 Å². The maximum absolute atomic E-state index is 6.19. The molecular weight excluding hydrogens is 376 g/mol. The van der Waals surface area contributed by atoms with Crippen LogP contribution in [-0.4, -0.2) is 12.7 Å². The van der Waals surface area contributed by atoms with Gasteiger partial charge >= 0.3 is 0 Å². The van der Waals surface area contributed by atoms with E-state index in [1.165, 1.54) is 70.6 Å². The lowest BCUT2D eigenvalue weighted by atomic mass is 9.47. The lowest BCUT2D eigenvalue weighted by Crippen LogP contribution is -2.51. The average Bonchev–Trinajstić information content (AvgIpc) is 3.09. The minimum absolute atomic E-state index is 0.470. The van der Waals surface area contributed by atoms with E-state index in [0.29, 0.717) is 16.9 Å². The first kappa shape index (κ1) is 23.8. The van der Waals surface area contributed by atoms with Gasteiger partial charge in [-0.05, 0) is 104 Å². The summed E-state index contributed by atoms with van der Waals surface area (Å²) in [4.78, 5) is 0. The van der Waals surface area contributed by atoms with Gasteiger partial charge in [-0.3, -0.25) is 0 Å². The smallest absolute Gasteiger partial charge is 0.0612 e. The largest absolute Gasteiger partial charge is 0.378 e.